The summed E-state index contributed by atoms with van der Waals surface area (Å²) in [6, 6.07) is 11.6. The van der Waals surface area contributed by atoms with E-state index in [1.54, 1.807) is 0 Å². The highest BCUT2D eigenvalue weighted by molar-refractivity contribution is 5.14. The first-order chi connectivity index (χ1) is 8.18. The number of rotatable bonds is 3. The Bertz CT molecular complexity index is 331. The third-order valence-electron chi connectivity index (χ3n) is 4.02. The molecule has 1 aliphatic rings. The summed E-state index contributed by atoms with van der Waals surface area (Å²) in [6.45, 7) is 9.53. The van der Waals surface area contributed by atoms with E-state index in [2.05, 4.69) is 56.0 Å². The molecule has 1 saturated heterocycles. The molecule has 2 atom stereocenters. The van der Waals surface area contributed by atoms with Gasteiger partial charge in [-0.2, -0.15) is 0 Å². The van der Waals surface area contributed by atoms with E-state index >= 15 is 0 Å². The lowest BCUT2D eigenvalue weighted by Crippen LogP contribution is -2.46. The highest BCUT2D eigenvalue weighted by Crippen LogP contribution is 2.29. The molecule has 1 heterocycles. The summed E-state index contributed by atoms with van der Waals surface area (Å²) < 4.78 is 0. The van der Waals surface area contributed by atoms with Crippen LogP contribution in [0, 0.1) is 11.8 Å². The van der Waals surface area contributed by atoms with Crippen molar-refractivity contribution in [1.82, 2.24) is 4.90 Å². The first-order valence-corrected chi connectivity index (χ1v) is 6.96. The van der Waals surface area contributed by atoms with E-state index in [-0.39, 0.29) is 0 Å². The number of hydrogen-bond donors (Lipinski definition) is 0. The lowest BCUT2D eigenvalue weighted by molar-refractivity contribution is 0.0609. The van der Waals surface area contributed by atoms with Gasteiger partial charge in [0, 0.05) is 12.6 Å². The van der Waals surface area contributed by atoms with Crippen LogP contribution in [-0.4, -0.2) is 17.5 Å². The molecule has 1 aromatic rings. The summed E-state index contributed by atoms with van der Waals surface area (Å²) in [5.74, 6) is 1.60. The van der Waals surface area contributed by atoms with Gasteiger partial charge in [0.25, 0.3) is 0 Å². The Hall–Kier alpha value is -0.820. The smallest absolute Gasteiger partial charge is 0.0236 e. The van der Waals surface area contributed by atoms with Gasteiger partial charge in [-0.25, -0.2) is 0 Å². The van der Waals surface area contributed by atoms with Gasteiger partial charge in [0.1, 0.15) is 0 Å². The van der Waals surface area contributed by atoms with E-state index in [0.29, 0.717) is 0 Å². The van der Waals surface area contributed by atoms with Crippen molar-refractivity contribution in [3.8, 4) is 0 Å². The largest absolute Gasteiger partial charge is 0.296 e. The second-order valence-corrected chi connectivity index (χ2v) is 5.81. The summed E-state index contributed by atoms with van der Waals surface area (Å²) in [5.41, 5.74) is 1.45. The second-order valence-electron chi connectivity index (χ2n) is 5.81. The summed E-state index contributed by atoms with van der Waals surface area (Å²) in [7, 11) is 0. The summed E-state index contributed by atoms with van der Waals surface area (Å²) in [4.78, 5) is 2.69. The van der Waals surface area contributed by atoms with Crippen molar-refractivity contribution in [3.05, 3.63) is 35.9 Å². The molecule has 0 radical (unpaired) electrons. The monoisotopic (exact) mass is 231 g/mol. The lowest BCUT2D eigenvalue weighted by Gasteiger charge is -2.42. The first kappa shape index (κ1) is 12.6. The Morgan fingerprint density at radius 1 is 1.24 bits per heavy atom. The molecule has 0 aliphatic carbocycles. The molecule has 0 spiro atoms. The minimum atomic E-state index is 0.754. The van der Waals surface area contributed by atoms with Gasteiger partial charge < -0.3 is 0 Å². The normalized spacial score (nSPS) is 26.4. The molecule has 1 heteroatoms. The first-order valence-electron chi connectivity index (χ1n) is 6.96. The fourth-order valence-corrected chi connectivity index (χ4v) is 3.38. The van der Waals surface area contributed by atoms with Crippen LogP contribution < -0.4 is 0 Å². The Kier molecular flexibility index (Phi) is 4.22. The highest BCUT2D eigenvalue weighted by atomic mass is 15.2. The van der Waals surface area contributed by atoms with Crippen molar-refractivity contribution < 1.29 is 0 Å². The van der Waals surface area contributed by atoms with Gasteiger partial charge in [-0.15, -0.1) is 0 Å². The van der Waals surface area contributed by atoms with Crippen molar-refractivity contribution in [2.24, 2.45) is 11.8 Å². The van der Waals surface area contributed by atoms with E-state index in [4.69, 9.17) is 0 Å². The maximum atomic E-state index is 2.69. The van der Waals surface area contributed by atoms with Crippen LogP contribution in [0.25, 0.3) is 0 Å². The minimum absolute atomic E-state index is 0.754. The molecular weight excluding hydrogens is 206 g/mol. The molecule has 0 amide bonds. The molecule has 17 heavy (non-hydrogen) atoms. The number of hydrogen-bond acceptors (Lipinski definition) is 1. The van der Waals surface area contributed by atoms with Crippen LogP contribution in [0.5, 0.6) is 0 Å². The van der Waals surface area contributed by atoms with Gasteiger partial charge in [-0.1, -0.05) is 51.1 Å². The SMILES string of the molecule is CC(C)[C@H]1[C@H](C)CCCN1Cc1ccccc1. The maximum Gasteiger partial charge on any atom is 0.0236 e. The van der Waals surface area contributed by atoms with Crippen LogP contribution in [0.1, 0.15) is 39.2 Å². The highest BCUT2D eigenvalue weighted by Gasteiger charge is 2.30. The number of benzene rings is 1. The molecule has 1 nitrogen and oxygen atoms in total. The molecule has 0 N–H and O–H groups in total. The van der Waals surface area contributed by atoms with Gasteiger partial charge in [0.2, 0.25) is 0 Å². The average Bonchev–Trinajstić information content (AvgIpc) is 2.30. The molecule has 2 rings (SSSR count). The summed E-state index contributed by atoms with van der Waals surface area (Å²) in [5, 5.41) is 0. The Labute approximate surface area is 106 Å². The number of nitrogens with zero attached hydrogens (tertiary/aromatic N) is 1. The van der Waals surface area contributed by atoms with Crippen molar-refractivity contribution in [2.75, 3.05) is 6.54 Å². The van der Waals surface area contributed by atoms with Gasteiger partial charge >= 0.3 is 0 Å². The van der Waals surface area contributed by atoms with Crippen molar-refractivity contribution in [1.29, 1.82) is 0 Å². The molecule has 0 saturated carbocycles. The maximum absolute atomic E-state index is 2.69. The molecule has 1 aromatic carbocycles. The third-order valence-corrected chi connectivity index (χ3v) is 4.02. The number of piperidine rings is 1. The van der Waals surface area contributed by atoms with Gasteiger partial charge in [0.05, 0.1) is 0 Å². The molecular formula is C16H25N. The van der Waals surface area contributed by atoms with E-state index in [9.17, 15) is 0 Å². The summed E-state index contributed by atoms with van der Waals surface area (Å²) >= 11 is 0. The fraction of sp³-hybridized carbons (Fsp3) is 0.625. The molecule has 0 aromatic heterocycles. The predicted octanol–water partition coefficient (Wildman–Crippen LogP) is 3.94. The number of likely N-dealkylation sites (tertiary alicyclic amines) is 1. The minimum Gasteiger partial charge on any atom is -0.296 e. The molecule has 1 fully saturated rings. The van der Waals surface area contributed by atoms with E-state index in [0.717, 1.165) is 24.4 Å². The van der Waals surface area contributed by atoms with Crippen molar-refractivity contribution >= 4 is 0 Å². The average molecular weight is 231 g/mol. The van der Waals surface area contributed by atoms with Crippen molar-refractivity contribution in [3.63, 3.8) is 0 Å². The zero-order valence-electron chi connectivity index (χ0n) is 11.4. The van der Waals surface area contributed by atoms with Crippen LogP contribution in [-0.2, 0) is 6.54 Å². The summed E-state index contributed by atoms with van der Waals surface area (Å²) in [6.07, 6.45) is 2.76. The third kappa shape index (κ3) is 3.10. The molecule has 94 valence electrons. The Balaban J connectivity index is 2.07. The van der Waals surface area contributed by atoms with E-state index in [1.165, 1.54) is 24.9 Å². The van der Waals surface area contributed by atoms with Crippen LogP contribution in [0.4, 0.5) is 0 Å². The van der Waals surface area contributed by atoms with Gasteiger partial charge in [-0.3, -0.25) is 4.90 Å². The predicted molar refractivity (Wildman–Crippen MR) is 73.9 cm³/mol. The van der Waals surface area contributed by atoms with Crippen LogP contribution >= 0.6 is 0 Å². The quantitative estimate of drug-likeness (QED) is 0.761. The van der Waals surface area contributed by atoms with Crippen LogP contribution in [0.15, 0.2) is 30.3 Å². The molecule has 0 unspecified atom stereocenters. The van der Waals surface area contributed by atoms with Crippen LogP contribution in [0.2, 0.25) is 0 Å². The fourth-order valence-electron chi connectivity index (χ4n) is 3.38. The lowest BCUT2D eigenvalue weighted by atomic mass is 9.83. The van der Waals surface area contributed by atoms with Crippen LogP contribution in [0.3, 0.4) is 0 Å². The van der Waals surface area contributed by atoms with E-state index < -0.39 is 0 Å². The Morgan fingerprint density at radius 2 is 1.94 bits per heavy atom. The van der Waals surface area contributed by atoms with Gasteiger partial charge in [-0.05, 0) is 36.8 Å². The zero-order valence-corrected chi connectivity index (χ0v) is 11.4. The Morgan fingerprint density at radius 3 is 2.59 bits per heavy atom. The molecule has 1 aliphatic heterocycles. The van der Waals surface area contributed by atoms with Crippen molar-refractivity contribution in [2.45, 2.75) is 46.2 Å². The standard InChI is InChI=1S/C16H25N/c1-13(2)16-14(3)8-7-11-17(16)12-15-9-5-4-6-10-15/h4-6,9-10,13-14,16H,7-8,11-12H2,1-3H3/t14-,16+/m1/s1. The van der Waals surface area contributed by atoms with E-state index in [1.807, 2.05) is 0 Å². The second kappa shape index (κ2) is 5.68. The van der Waals surface area contributed by atoms with Gasteiger partial charge in [0.15, 0.2) is 0 Å². The molecule has 0 bridgehead atoms. The zero-order chi connectivity index (χ0) is 12.3. The topological polar surface area (TPSA) is 3.24 Å².